The summed E-state index contributed by atoms with van der Waals surface area (Å²) >= 11 is 13.5. The van der Waals surface area contributed by atoms with Crippen LogP contribution in [-0.2, 0) is 9.59 Å². The summed E-state index contributed by atoms with van der Waals surface area (Å²) in [6.45, 7) is 0. The third-order valence-electron chi connectivity index (χ3n) is 6.89. The van der Waals surface area contributed by atoms with Crippen LogP contribution < -0.4 is 16.0 Å². The van der Waals surface area contributed by atoms with E-state index in [-0.39, 0.29) is 22.0 Å². The van der Waals surface area contributed by atoms with Crippen molar-refractivity contribution < 1.29 is 24.3 Å². The van der Waals surface area contributed by atoms with Crippen molar-refractivity contribution in [2.75, 3.05) is 10.6 Å². The molecule has 5 aromatic rings. The Labute approximate surface area is 290 Å². The molecule has 4 N–H and O–H groups in total. The fourth-order valence-electron chi connectivity index (χ4n) is 4.47. The van der Waals surface area contributed by atoms with Crippen molar-refractivity contribution in [3.63, 3.8) is 0 Å². The maximum Gasteiger partial charge on any atom is 0.335 e. The first-order valence-corrected chi connectivity index (χ1v) is 16.1. The van der Waals surface area contributed by atoms with Gasteiger partial charge in [-0.1, -0.05) is 83.9 Å². The summed E-state index contributed by atoms with van der Waals surface area (Å²) in [7, 11) is 0. The van der Waals surface area contributed by atoms with E-state index >= 15 is 0 Å². The number of halogens is 2. The van der Waals surface area contributed by atoms with Gasteiger partial charge >= 0.3 is 5.97 Å². The summed E-state index contributed by atoms with van der Waals surface area (Å²) in [4.78, 5) is 52.1. The number of hydrogen-bond acceptors (Lipinski definition) is 5. The first-order valence-electron chi connectivity index (χ1n) is 14.5. The molecule has 5 aromatic carbocycles. The van der Waals surface area contributed by atoms with Crippen LogP contribution in [0.3, 0.4) is 0 Å². The van der Waals surface area contributed by atoms with Crippen molar-refractivity contribution >= 4 is 76.1 Å². The van der Waals surface area contributed by atoms with Crippen LogP contribution in [0.2, 0.25) is 10.0 Å². The summed E-state index contributed by atoms with van der Waals surface area (Å²) in [6.07, 6.45) is 1.55. The molecule has 0 saturated carbocycles. The van der Waals surface area contributed by atoms with Crippen LogP contribution in [0.15, 0.2) is 138 Å². The lowest BCUT2D eigenvalue weighted by molar-refractivity contribution is -0.116. The lowest BCUT2D eigenvalue weighted by atomic mass is 10.1. The predicted molar refractivity (Wildman–Crippen MR) is 190 cm³/mol. The van der Waals surface area contributed by atoms with Gasteiger partial charge in [0.1, 0.15) is 10.9 Å². The highest BCUT2D eigenvalue weighted by Gasteiger charge is 2.24. The van der Waals surface area contributed by atoms with Crippen molar-refractivity contribution in [2.45, 2.75) is 10.1 Å². The SMILES string of the molecule is O=C(Nc1ccc(SC(C(=O)Nc2cc(C(=O)O)ccc2Cl)c2ccccc2)cc1)/C(=C/c1ccc(Cl)cc1)NC(=O)c1ccccc1. The second kappa shape index (κ2) is 16.0. The van der Waals surface area contributed by atoms with E-state index < -0.39 is 28.9 Å². The normalized spacial score (nSPS) is 11.7. The van der Waals surface area contributed by atoms with Gasteiger partial charge in [0.15, 0.2) is 0 Å². The van der Waals surface area contributed by atoms with E-state index in [1.807, 2.05) is 30.3 Å². The van der Waals surface area contributed by atoms with E-state index in [1.54, 1.807) is 84.9 Å². The standard InChI is InChI=1S/C37H27Cl2N3O5S/c38-27-14-11-23(12-15-27)21-32(42-34(43)25-9-5-2-6-10-25)35(44)40-28-16-18-29(19-17-28)48-33(24-7-3-1-4-8-24)36(45)41-31-22-26(37(46)47)13-20-30(31)39/h1-22,33H,(H,40,44)(H,41,45)(H,42,43)(H,46,47)/b32-21-. The Morgan fingerprint density at radius 3 is 2.00 bits per heavy atom. The zero-order valence-electron chi connectivity index (χ0n) is 25.0. The molecule has 0 aromatic heterocycles. The molecule has 0 radical (unpaired) electrons. The molecule has 3 amide bonds. The number of thioether (sulfide) groups is 1. The van der Waals surface area contributed by atoms with Crippen molar-refractivity contribution in [2.24, 2.45) is 0 Å². The maximum atomic E-state index is 13.6. The second-order valence-electron chi connectivity index (χ2n) is 10.3. The molecule has 1 unspecified atom stereocenters. The summed E-state index contributed by atoms with van der Waals surface area (Å²) in [6, 6.07) is 35.5. The Bertz CT molecular complexity index is 1970. The van der Waals surface area contributed by atoms with E-state index in [0.29, 0.717) is 27.4 Å². The molecule has 0 aliphatic rings. The van der Waals surface area contributed by atoms with Crippen LogP contribution in [0.1, 0.15) is 37.1 Å². The molecular weight excluding hydrogens is 669 g/mol. The Morgan fingerprint density at radius 2 is 1.35 bits per heavy atom. The zero-order valence-corrected chi connectivity index (χ0v) is 27.4. The average molecular weight is 697 g/mol. The lowest BCUT2D eigenvalue weighted by Gasteiger charge is -2.18. The first kappa shape index (κ1) is 34.0. The number of rotatable bonds is 11. The van der Waals surface area contributed by atoms with E-state index in [9.17, 15) is 24.3 Å². The van der Waals surface area contributed by atoms with Crippen LogP contribution in [0, 0.1) is 0 Å². The van der Waals surface area contributed by atoms with Gasteiger partial charge in [0.25, 0.3) is 11.8 Å². The second-order valence-corrected chi connectivity index (χ2v) is 12.3. The molecule has 0 saturated heterocycles. The van der Waals surface area contributed by atoms with Crippen molar-refractivity contribution in [1.82, 2.24) is 5.32 Å². The van der Waals surface area contributed by atoms with Gasteiger partial charge in [-0.2, -0.15) is 0 Å². The molecule has 0 spiro atoms. The maximum absolute atomic E-state index is 13.6. The third-order valence-corrected chi connectivity index (χ3v) is 8.74. The van der Waals surface area contributed by atoms with Crippen LogP contribution in [-0.4, -0.2) is 28.8 Å². The Kier molecular flexibility index (Phi) is 11.3. The minimum Gasteiger partial charge on any atom is -0.478 e. The van der Waals surface area contributed by atoms with Crippen LogP contribution in [0.25, 0.3) is 6.08 Å². The fourth-order valence-corrected chi connectivity index (χ4v) is 5.79. The van der Waals surface area contributed by atoms with Gasteiger partial charge in [0, 0.05) is 21.2 Å². The molecule has 0 aliphatic carbocycles. The number of hydrogen-bond donors (Lipinski definition) is 4. The number of carboxylic acids is 1. The molecule has 1 atom stereocenters. The topological polar surface area (TPSA) is 125 Å². The van der Waals surface area contributed by atoms with Gasteiger partial charge in [-0.3, -0.25) is 14.4 Å². The summed E-state index contributed by atoms with van der Waals surface area (Å²) < 4.78 is 0. The van der Waals surface area contributed by atoms with Gasteiger partial charge in [-0.05, 0) is 83.9 Å². The van der Waals surface area contributed by atoms with Gasteiger partial charge < -0.3 is 21.1 Å². The lowest BCUT2D eigenvalue weighted by Crippen LogP contribution is -2.30. The number of benzene rings is 5. The minimum atomic E-state index is -1.14. The molecule has 0 aliphatic heterocycles. The molecule has 5 rings (SSSR count). The predicted octanol–water partition coefficient (Wildman–Crippen LogP) is 8.57. The molecule has 8 nitrogen and oxygen atoms in total. The average Bonchev–Trinajstić information content (AvgIpc) is 3.10. The van der Waals surface area contributed by atoms with E-state index in [1.165, 1.54) is 30.0 Å². The molecular formula is C37H27Cl2N3O5S. The zero-order chi connectivity index (χ0) is 34.0. The third kappa shape index (κ3) is 9.13. The molecule has 240 valence electrons. The van der Waals surface area contributed by atoms with E-state index in [0.717, 1.165) is 4.90 Å². The number of carbonyl (C=O) groups is 4. The Morgan fingerprint density at radius 1 is 0.708 bits per heavy atom. The van der Waals surface area contributed by atoms with Gasteiger partial charge in [0.2, 0.25) is 5.91 Å². The van der Waals surface area contributed by atoms with Crippen LogP contribution in [0.5, 0.6) is 0 Å². The largest absolute Gasteiger partial charge is 0.478 e. The smallest absolute Gasteiger partial charge is 0.335 e. The monoisotopic (exact) mass is 695 g/mol. The summed E-state index contributed by atoms with van der Waals surface area (Å²) in [5.41, 5.74) is 2.42. The first-order chi connectivity index (χ1) is 23.2. The van der Waals surface area contributed by atoms with Crippen molar-refractivity contribution in [3.8, 4) is 0 Å². The highest BCUT2D eigenvalue weighted by atomic mass is 35.5. The number of anilines is 2. The van der Waals surface area contributed by atoms with Crippen molar-refractivity contribution in [1.29, 1.82) is 0 Å². The number of amides is 3. The van der Waals surface area contributed by atoms with E-state index in [4.69, 9.17) is 23.2 Å². The molecule has 48 heavy (non-hydrogen) atoms. The fraction of sp³-hybridized carbons (Fsp3) is 0.0270. The molecule has 0 heterocycles. The highest BCUT2D eigenvalue weighted by Crippen LogP contribution is 2.37. The number of nitrogens with one attached hydrogen (secondary N) is 3. The molecule has 0 fully saturated rings. The summed E-state index contributed by atoms with van der Waals surface area (Å²) in [5, 5.41) is 17.7. The highest BCUT2D eigenvalue weighted by molar-refractivity contribution is 8.00. The summed E-state index contributed by atoms with van der Waals surface area (Å²) in [5.74, 6) is -2.54. The van der Waals surface area contributed by atoms with Gasteiger partial charge in [-0.25, -0.2) is 4.79 Å². The number of carboxylic acid groups (broad SMARTS) is 1. The molecule has 0 bridgehead atoms. The number of carbonyl (C=O) groups excluding carboxylic acids is 3. The Balaban J connectivity index is 1.34. The van der Waals surface area contributed by atoms with Gasteiger partial charge in [0.05, 0.1) is 16.3 Å². The van der Waals surface area contributed by atoms with Crippen molar-refractivity contribution in [3.05, 3.63) is 165 Å². The van der Waals surface area contributed by atoms with Crippen LogP contribution >= 0.6 is 35.0 Å². The minimum absolute atomic E-state index is 0.0120. The quantitative estimate of drug-likeness (QED) is 0.0811. The number of aromatic carboxylic acids is 1. The van der Waals surface area contributed by atoms with E-state index in [2.05, 4.69) is 16.0 Å². The molecule has 11 heteroatoms. The van der Waals surface area contributed by atoms with Gasteiger partial charge in [-0.15, -0.1) is 11.8 Å². The van der Waals surface area contributed by atoms with Crippen LogP contribution in [0.4, 0.5) is 11.4 Å². The Hall–Kier alpha value is -5.35.